The lowest BCUT2D eigenvalue weighted by Crippen LogP contribution is -2.00. The Balaban J connectivity index is 1.10. The van der Waals surface area contributed by atoms with Crippen molar-refractivity contribution in [2.45, 2.75) is 0 Å². The van der Waals surface area contributed by atoms with E-state index in [1.807, 2.05) is 24.3 Å². The largest absolute Gasteiger partial charge is 0.456 e. The van der Waals surface area contributed by atoms with Gasteiger partial charge in [0.25, 0.3) is 0 Å². The SMILES string of the molecule is [2H]c1c([2H])c([2H])c(-c2nc(-c3ccc4c(c3)oc3ccc(-n5c6ccccc6c6c7sc8ccccc8c7ccc65)cc34)nc(-c3c([2H])c([2H])c([2H])c([2H])c3[2H])n2)c([2H])c1[2H]. The highest BCUT2D eigenvalue weighted by Crippen LogP contribution is 2.44. The molecule has 0 saturated carbocycles. The van der Waals surface area contributed by atoms with Gasteiger partial charge in [-0.1, -0.05) is 109 Å². The van der Waals surface area contributed by atoms with E-state index < -0.39 is 60.4 Å². The smallest absolute Gasteiger partial charge is 0.164 e. The number of benzene rings is 7. The summed E-state index contributed by atoms with van der Waals surface area (Å²) in [6.07, 6.45) is 0. The number of nitrogens with zero attached hydrogens (tertiary/aromatic N) is 4. The van der Waals surface area contributed by atoms with Crippen LogP contribution in [0, 0.1) is 0 Å². The second-order valence-corrected chi connectivity index (χ2v) is 13.1. The van der Waals surface area contributed by atoms with Crippen LogP contribution in [0.15, 0.2) is 162 Å². The zero-order chi connectivity index (χ0) is 42.2. The highest BCUT2D eigenvalue weighted by atomic mass is 32.1. The Morgan fingerprint density at radius 3 is 1.94 bits per heavy atom. The summed E-state index contributed by atoms with van der Waals surface area (Å²) in [6, 6.07) is 26.7. The summed E-state index contributed by atoms with van der Waals surface area (Å²) in [6.45, 7) is 0. The van der Waals surface area contributed by atoms with E-state index in [0.29, 0.717) is 16.7 Å². The molecular formula is C45H26N4OS. The van der Waals surface area contributed by atoms with Crippen LogP contribution in [-0.2, 0) is 0 Å². The normalized spacial score (nSPS) is 14.7. The molecule has 0 bridgehead atoms. The second-order valence-electron chi connectivity index (χ2n) is 12.1. The molecule has 4 heterocycles. The third-order valence-corrected chi connectivity index (χ3v) is 10.4. The Hall–Kier alpha value is -6.63. The van der Waals surface area contributed by atoms with Gasteiger partial charge in [0.05, 0.1) is 24.7 Å². The summed E-state index contributed by atoms with van der Waals surface area (Å²) in [7, 11) is 0. The van der Waals surface area contributed by atoms with Crippen LogP contribution in [0.4, 0.5) is 0 Å². The number of thiophene rings is 1. The van der Waals surface area contributed by atoms with Crippen molar-refractivity contribution in [1.82, 2.24) is 19.5 Å². The van der Waals surface area contributed by atoms with Crippen molar-refractivity contribution < 1.29 is 18.1 Å². The Kier molecular flexibility index (Phi) is 4.32. The van der Waals surface area contributed by atoms with E-state index in [0.717, 1.165) is 32.9 Å². The molecule has 5 nitrogen and oxygen atoms in total. The van der Waals surface area contributed by atoms with Crippen LogP contribution >= 0.6 is 11.3 Å². The molecule has 0 radical (unpaired) electrons. The molecule has 11 rings (SSSR count). The van der Waals surface area contributed by atoms with Crippen molar-refractivity contribution >= 4 is 75.3 Å². The third-order valence-electron chi connectivity index (χ3n) is 9.23. The summed E-state index contributed by atoms with van der Waals surface area (Å²) >= 11 is 1.80. The lowest BCUT2D eigenvalue weighted by atomic mass is 10.1. The predicted octanol–water partition coefficient (Wildman–Crippen LogP) is 12.2. The summed E-state index contributed by atoms with van der Waals surface area (Å²) < 4.78 is 95.1. The minimum Gasteiger partial charge on any atom is -0.456 e. The fraction of sp³-hybridized carbons (Fsp3) is 0. The standard InChI is InChI=1S/C45H26N4OS/c1-3-11-27(12-4-1)43-46-44(28-13-5-2-6-14-28)48-45(47-43)29-19-21-31-35-26-30(20-24-38(35)50-39(31)25-29)49-36-17-9-7-16-34(36)41-37(49)23-22-33-32-15-8-10-18-40(32)51-42(33)41/h1-26H/i1D,2D,3D,4D,5D,6D,11D,12D,13D,14D. The van der Waals surface area contributed by atoms with Crippen LogP contribution in [0.3, 0.4) is 0 Å². The first-order chi connectivity index (χ1) is 29.4. The van der Waals surface area contributed by atoms with E-state index in [1.165, 1.54) is 25.6 Å². The molecule has 0 fully saturated rings. The molecule has 11 aromatic rings. The topological polar surface area (TPSA) is 56.7 Å². The lowest BCUT2D eigenvalue weighted by molar-refractivity contribution is 0.669. The van der Waals surface area contributed by atoms with Gasteiger partial charge in [0.15, 0.2) is 17.5 Å². The fourth-order valence-corrected chi connectivity index (χ4v) is 8.27. The van der Waals surface area contributed by atoms with Crippen LogP contribution in [-0.4, -0.2) is 19.5 Å². The summed E-state index contributed by atoms with van der Waals surface area (Å²) in [5.74, 6) is -0.714. The number of rotatable bonds is 4. The number of hydrogen-bond acceptors (Lipinski definition) is 5. The van der Waals surface area contributed by atoms with Gasteiger partial charge >= 0.3 is 0 Å². The zero-order valence-electron chi connectivity index (χ0n) is 36.3. The maximum Gasteiger partial charge on any atom is 0.164 e. The quantitative estimate of drug-likeness (QED) is 0.186. The van der Waals surface area contributed by atoms with Gasteiger partial charge in [-0.25, -0.2) is 15.0 Å². The minimum atomic E-state index is -0.611. The molecule has 0 saturated heterocycles. The molecule has 0 unspecified atom stereocenters. The van der Waals surface area contributed by atoms with E-state index in [4.69, 9.17) is 18.1 Å². The van der Waals surface area contributed by atoms with Gasteiger partial charge in [-0.15, -0.1) is 11.3 Å². The van der Waals surface area contributed by atoms with E-state index in [2.05, 4.69) is 80.2 Å². The highest BCUT2D eigenvalue weighted by Gasteiger charge is 2.19. The monoisotopic (exact) mass is 680 g/mol. The molecule has 238 valence electrons. The molecule has 7 aromatic carbocycles. The maximum absolute atomic E-state index is 8.64. The molecule has 51 heavy (non-hydrogen) atoms. The maximum atomic E-state index is 8.64. The number of aromatic nitrogens is 4. The first kappa shape index (κ1) is 20.1. The van der Waals surface area contributed by atoms with Gasteiger partial charge in [0.1, 0.15) is 11.2 Å². The molecule has 0 aliphatic heterocycles. The van der Waals surface area contributed by atoms with E-state index in [9.17, 15) is 0 Å². The van der Waals surface area contributed by atoms with Crippen molar-refractivity contribution in [3.63, 3.8) is 0 Å². The van der Waals surface area contributed by atoms with Crippen molar-refractivity contribution in [3.05, 3.63) is 157 Å². The molecule has 0 atom stereocenters. The van der Waals surface area contributed by atoms with Gasteiger partial charge < -0.3 is 8.98 Å². The number of para-hydroxylation sites is 1. The summed E-state index contributed by atoms with van der Waals surface area (Å²) in [5, 5.41) is 6.45. The van der Waals surface area contributed by atoms with Crippen molar-refractivity contribution in [2.24, 2.45) is 0 Å². The van der Waals surface area contributed by atoms with Crippen molar-refractivity contribution in [1.29, 1.82) is 0 Å². The van der Waals surface area contributed by atoms with Crippen LogP contribution in [0.2, 0.25) is 0 Å². The van der Waals surface area contributed by atoms with Gasteiger partial charge in [-0.05, 0) is 48.5 Å². The Morgan fingerprint density at radius 2 is 1.18 bits per heavy atom. The predicted molar refractivity (Wildman–Crippen MR) is 211 cm³/mol. The summed E-state index contributed by atoms with van der Waals surface area (Å²) in [5.41, 5.74) is 3.90. The van der Waals surface area contributed by atoms with Crippen LogP contribution < -0.4 is 0 Å². The van der Waals surface area contributed by atoms with Gasteiger partial charge in [-0.3, -0.25) is 0 Å². The Labute approximate surface area is 309 Å². The lowest BCUT2D eigenvalue weighted by Gasteiger charge is -2.08. The average molecular weight is 681 g/mol. The van der Waals surface area contributed by atoms with Gasteiger partial charge in [-0.2, -0.15) is 0 Å². The molecular weight excluding hydrogens is 645 g/mol. The van der Waals surface area contributed by atoms with E-state index >= 15 is 0 Å². The van der Waals surface area contributed by atoms with Crippen molar-refractivity contribution in [3.8, 4) is 39.9 Å². The number of fused-ring (bicyclic) bond motifs is 10. The van der Waals surface area contributed by atoms with E-state index in [1.54, 1.807) is 23.5 Å². The van der Waals surface area contributed by atoms with Crippen LogP contribution in [0.5, 0.6) is 0 Å². The van der Waals surface area contributed by atoms with E-state index in [-0.39, 0.29) is 28.6 Å². The number of hydrogen-bond donors (Lipinski definition) is 0. The first-order valence-electron chi connectivity index (χ1n) is 21.1. The third kappa shape index (κ3) is 4.37. The zero-order valence-corrected chi connectivity index (χ0v) is 27.2. The fourth-order valence-electron chi connectivity index (χ4n) is 7.01. The average Bonchev–Trinajstić information content (AvgIpc) is 3.95. The highest BCUT2D eigenvalue weighted by molar-refractivity contribution is 7.26. The Morgan fingerprint density at radius 1 is 0.510 bits per heavy atom. The molecule has 0 aliphatic rings. The first-order valence-corrected chi connectivity index (χ1v) is 16.9. The molecule has 6 heteroatoms. The second kappa shape index (κ2) is 10.9. The van der Waals surface area contributed by atoms with Crippen LogP contribution in [0.25, 0.3) is 104 Å². The Bertz CT molecular complexity index is 3600. The molecule has 0 amide bonds. The van der Waals surface area contributed by atoms with Gasteiger partial charge in [0.2, 0.25) is 0 Å². The van der Waals surface area contributed by atoms with Crippen molar-refractivity contribution in [2.75, 3.05) is 0 Å². The van der Waals surface area contributed by atoms with Gasteiger partial charge in [0, 0.05) is 64.1 Å². The number of furan rings is 1. The molecule has 4 aromatic heterocycles. The summed E-state index contributed by atoms with van der Waals surface area (Å²) in [4.78, 5) is 13.5. The molecule has 0 N–H and O–H groups in total. The van der Waals surface area contributed by atoms with Crippen LogP contribution in [0.1, 0.15) is 13.7 Å². The molecule has 0 spiro atoms. The molecule has 0 aliphatic carbocycles. The minimum absolute atomic E-state index is 0.0421.